The quantitative estimate of drug-likeness (QED) is 0.0288. The molecular formula is C47H74O10. The van der Waals surface area contributed by atoms with E-state index in [2.05, 4.69) is 111 Å². The minimum absolute atomic E-state index is 0.164. The molecule has 0 bridgehead atoms. The summed E-state index contributed by atoms with van der Waals surface area (Å²) in [6, 6.07) is 0. The Morgan fingerprint density at radius 3 is 1.56 bits per heavy atom. The molecule has 0 amide bonds. The fourth-order valence-corrected chi connectivity index (χ4v) is 5.58. The van der Waals surface area contributed by atoms with Crippen molar-refractivity contribution in [1.82, 2.24) is 0 Å². The summed E-state index contributed by atoms with van der Waals surface area (Å²) >= 11 is 0. The fraction of sp³-hybridized carbons (Fsp3) is 0.617. The number of rotatable bonds is 33. The van der Waals surface area contributed by atoms with Crippen molar-refractivity contribution >= 4 is 11.9 Å². The Hall–Kier alpha value is -3.38. The summed E-state index contributed by atoms with van der Waals surface area (Å²) in [5.74, 6) is -0.904. The monoisotopic (exact) mass is 799 g/mol. The lowest BCUT2D eigenvalue weighted by Gasteiger charge is -2.39. The zero-order chi connectivity index (χ0) is 41.6. The summed E-state index contributed by atoms with van der Waals surface area (Å²) in [5, 5.41) is 40.0. The first-order valence-electron chi connectivity index (χ1n) is 21.3. The van der Waals surface area contributed by atoms with E-state index in [1.807, 2.05) is 0 Å². The van der Waals surface area contributed by atoms with Crippen LogP contribution in [0.5, 0.6) is 0 Å². The van der Waals surface area contributed by atoms with Gasteiger partial charge in [0.1, 0.15) is 31.0 Å². The Balaban J connectivity index is 2.42. The molecule has 0 aromatic heterocycles. The zero-order valence-corrected chi connectivity index (χ0v) is 34.8. The van der Waals surface area contributed by atoms with E-state index in [0.29, 0.717) is 12.8 Å². The van der Waals surface area contributed by atoms with Gasteiger partial charge in [-0.2, -0.15) is 0 Å². The predicted octanol–water partition coefficient (Wildman–Crippen LogP) is 8.77. The van der Waals surface area contributed by atoms with Gasteiger partial charge in [-0.25, -0.2) is 0 Å². The largest absolute Gasteiger partial charge is 0.462 e. The Morgan fingerprint density at radius 1 is 0.561 bits per heavy atom. The van der Waals surface area contributed by atoms with E-state index in [4.69, 9.17) is 18.9 Å². The second-order valence-corrected chi connectivity index (χ2v) is 14.1. The maximum atomic E-state index is 12.7. The average molecular weight is 799 g/mol. The molecule has 0 aromatic rings. The van der Waals surface area contributed by atoms with Crippen molar-refractivity contribution in [2.24, 2.45) is 0 Å². The minimum atomic E-state index is -1.61. The second-order valence-electron chi connectivity index (χ2n) is 14.1. The van der Waals surface area contributed by atoms with Crippen LogP contribution in [-0.4, -0.2) is 89.0 Å². The van der Waals surface area contributed by atoms with E-state index in [-0.39, 0.29) is 26.1 Å². The number of unbranched alkanes of at least 4 members (excludes halogenated alkanes) is 6. The molecule has 0 radical (unpaired) electrons. The summed E-state index contributed by atoms with van der Waals surface area (Å²) in [7, 11) is 0. The summed E-state index contributed by atoms with van der Waals surface area (Å²) in [4.78, 5) is 25.3. The number of allylic oxidation sites excluding steroid dienone is 16. The fourth-order valence-electron chi connectivity index (χ4n) is 5.58. The molecule has 2 unspecified atom stereocenters. The maximum absolute atomic E-state index is 12.7. The maximum Gasteiger partial charge on any atom is 0.306 e. The summed E-state index contributed by atoms with van der Waals surface area (Å²) in [5.41, 5.74) is 0. The first-order valence-corrected chi connectivity index (χ1v) is 21.3. The van der Waals surface area contributed by atoms with Gasteiger partial charge in [-0.15, -0.1) is 0 Å². The highest BCUT2D eigenvalue weighted by atomic mass is 16.7. The standard InChI is InChI=1S/C47H74O10/c1-3-5-7-9-11-13-15-17-19-20-22-23-25-27-29-31-33-35-42(49)54-38-40(39-55-47-46(53)45(52)44(51)41(37-48)57-47)56-43(50)36-34-32-30-28-26-24-21-18-16-14-12-10-8-6-4-2/h6-9,12-15,18-21,23,25-26,28,40-41,44-48,51-53H,3-5,10-11,16-17,22,24,27,29-39H2,1-2H3/b8-6+,9-7+,14-12+,15-13+,20-19+,21-18+,25-23+,28-26+/t40-,41-,44+,45?,46?,47-/m0/s1. The smallest absolute Gasteiger partial charge is 0.306 e. The number of hydrogen-bond donors (Lipinski definition) is 4. The average Bonchev–Trinajstić information content (AvgIpc) is 3.21. The number of aliphatic hydroxyl groups is 4. The van der Waals surface area contributed by atoms with Gasteiger partial charge in [-0.3, -0.25) is 9.59 Å². The van der Waals surface area contributed by atoms with Crippen LogP contribution in [0.3, 0.4) is 0 Å². The third kappa shape index (κ3) is 28.6. The van der Waals surface area contributed by atoms with Crippen molar-refractivity contribution in [3.05, 3.63) is 97.2 Å². The molecule has 57 heavy (non-hydrogen) atoms. The van der Waals surface area contributed by atoms with Crippen molar-refractivity contribution < 1.29 is 49.0 Å². The number of aliphatic hydroxyl groups excluding tert-OH is 4. The first kappa shape index (κ1) is 51.6. The molecule has 0 saturated carbocycles. The predicted molar refractivity (Wildman–Crippen MR) is 228 cm³/mol. The molecule has 1 aliphatic heterocycles. The highest BCUT2D eigenvalue weighted by molar-refractivity contribution is 5.70. The molecule has 0 spiro atoms. The number of ether oxygens (including phenoxy) is 4. The van der Waals surface area contributed by atoms with Crippen molar-refractivity contribution in [3.63, 3.8) is 0 Å². The van der Waals surface area contributed by atoms with Crippen molar-refractivity contribution in [2.75, 3.05) is 19.8 Å². The van der Waals surface area contributed by atoms with Gasteiger partial charge in [0.05, 0.1) is 13.2 Å². The van der Waals surface area contributed by atoms with Gasteiger partial charge < -0.3 is 39.4 Å². The SMILES string of the molecule is CC/C=C/C/C=C/C/C=C/C/C=C/CCCCC(=O)O[C@@H](COC(=O)CCCCC/C=C/C/C=C/C/C=C/C/C=C/CCC)CO[C@H]1O[C@@H](CO)[C@@H](O)C(O)C1O. The second kappa shape index (κ2) is 36.9. The third-order valence-corrected chi connectivity index (χ3v) is 8.93. The van der Waals surface area contributed by atoms with E-state index in [0.717, 1.165) is 83.5 Å². The van der Waals surface area contributed by atoms with Crippen LogP contribution in [0.2, 0.25) is 0 Å². The van der Waals surface area contributed by atoms with E-state index < -0.39 is 55.4 Å². The van der Waals surface area contributed by atoms with Gasteiger partial charge in [0.2, 0.25) is 0 Å². The lowest BCUT2D eigenvalue weighted by molar-refractivity contribution is -0.305. The number of carbonyl (C=O) groups excluding carboxylic acids is 2. The van der Waals surface area contributed by atoms with Gasteiger partial charge in [-0.1, -0.05) is 124 Å². The highest BCUT2D eigenvalue weighted by Gasteiger charge is 2.44. The van der Waals surface area contributed by atoms with E-state index in [1.54, 1.807) is 0 Å². The topological polar surface area (TPSA) is 152 Å². The number of esters is 2. The molecule has 322 valence electrons. The molecule has 1 fully saturated rings. The number of carbonyl (C=O) groups is 2. The van der Waals surface area contributed by atoms with Crippen LogP contribution in [0.25, 0.3) is 0 Å². The Kier molecular flexibility index (Phi) is 33.5. The van der Waals surface area contributed by atoms with E-state index >= 15 is 0 Å². The molecule has 10 nitrogen and oxygen atoms in total. The molecular weight excluding hydrogens is 725 g/mol. The van der Waals surface area contributed by atoms with Crippen molar-refractivity contribution in [2.45, 2.75) is 166 Å². The Bertz CT molecular complexity index is 1240. The molecule has 1 aliphatic rings. The Morgan fingerprint density at radius 2 is 1.04 bits per heavy atom. The van der Waals surface area contributed by atoms with Gasteiger partial charge in [0.25, 0.3) is 0 Å². The minimum Gasteiger partial charge on any atom is -0.462 e. The van der Waals surface area contributed by atoms with Gasteiger partial charge in [0, 0.05) is 12.8 Å². The summed E-state index contributed by atoms with van der Waals surface area (Å²) in [6.45, 7) is 3.13. The zero-order valence-electron chi connectivity index (χ0n) is 34.8. The van der Waals surface area contributed by atoms with Crippen LogP contribution in [-0.2, 0) is 28.5 Å². The molecule has 0 aliphatic carbocycles. The van der Waals surface area contributed by atoms with Crippen LogP contribution in [0, 0.1) is 0 Å². The van der Waals surface area contributed by atoms with Gasteiger partial charge in [-0.05, 0) is 89.9 Å². The van der Waals surface area contributed by atoms with Crippen LogP contribution >= 0.6 is 0 Å². The summed E-state index contributed by atoms with van der Waals surface area (Å²) < 4.78 is 22.0. The van der Waals surface area contributed by atoms with Gasteiger partial charge >= 0.3 is 11.9 Å². The highest BCUT2D eigenvalue weighted by Crippen LogP contribution is 2.22. The van der Waals surface area contributed by atoms with Crippen LogP contribution in [0.15, 0.2) is 97.2 Å². The van der Waals surface area contributed by atoms with E-state index in [9.17, 15) is 30.0 Å². The molecule has 0 aromatic carbocycles. The van der Waals surface area contributed by atoms with Crippen molar-refractivity contribution in [3.8, 4) is 0 Å². The molecule has 6 atom stereocenters. The molecule has 10 heteroatoms. The molecule has 1 heterocycles. The molecule has 1 rings (SSSR count). The Labute approximate surface area is 343 Å². The van der Waals surface area contributed by atoms with Crippen LogP contribution in [0.1, 0.15) is 129 Å². The molecule has 4 N–H and O–H groups in total. The van der Waals surface area contributed by atoms with Gasteiger partial charge in [0.15, 0.2) is 12.4 Å². The normalized spacial score (nSPS) is 21.3. The lowest BCUT2D eigenvalue weighted by atomic mass is 9.99. The van der Waals surface area contributed by atoms with Crippen LogP contribution < -0.4 is 0 Å². The van der Waals surface area contributed by atoms with E-state index in [1.165, 1.54) is 6.42 Å². The summed E-state index contributed by atoms with van der Waals surface area (Å²) in [6.07, 6.45) is 41.3. The molecule has 1 saturated heterocycles. The first-order chi connectivity index (χ1) is 27.8. The lowest BCUT2D eigenvalue weighted by Crippen LogP contribution is -2.59. The third-order valence-electron chi connectivity index (χ3n) is 8.93. The van der Waals surface area contributed by atoms with Crippen molar-refractivity contribution in [1.29, 1.82) is 0 Å². The van der Waals surface area contributed by atoms with Crippen LogP contribution in [0.4, 0.5) is 0 Å². The number of hydrogen-bond acceptors (Lipinski definition) is 10.